The molecule has 8 nitrogen and oxygen atoms in total. The van der Waals surface area contributed by atoms with Crippen LogP contribution in [-0.2, 0) is 22.7 Å². The summed E-state index contributed by atoms with van der Waals surface area (Å²) in [6, 6.07) is 23.3. The lowest BCUT2D eigenvalue weighted by Crippen LogP contribution is -2.52. The molecule has 1 aliphatic rings. The number of halogens is 1. The summed E-state index contributed by atoms with van der Waals surface area (Å²) in [4.78, 5) is 41.2. The molecule has 192 valence electrons. The van der Waals surface area contributed by atoms with Gasteiger partial charge in [0.1, 0.15) is 11.9 Å². The molecule has 0 radical (unpaired) electrons. The number of rotatable bonds is 6. The largest absolute Gasteiger partial charge is 0.339 e. The maximum Gasteiger partial charge on any atom is 0.331 e. The van der Waals surface area contributed by atoms with Crippen molar-refractivity contribution in [3.05, 3.63) is 107 Å². The van der Waals surface area contributed by atoms with Crippen LogP contribution in [-0.4, -0.2) is 59.4 Å². The van der Waals surface area contributed by atoms with Gasteiger partial charge in [-0.15, -0.1) is 0 Å². The van der Waals surface area contributed by atoms with Gasteiger partial charge >= 0.3 is 6.03 Å². The predicted octanol–water partition coefficient (Wildman–Crippen LogP) is 3.08. The van der Waals surface area contributed by atoms with Gasteiger partial charge in [0.05, 0.1) is 6.54 Å². The first-order valence-corrected chi connectivity index (χ1v) is 12.1. The second kappa shape index (κ2) is 12.1. The van der Waals surface area contributed by atoms with Crippen molar-refractivity contribution in [2.24, 2.45) is 0 Å². The number of benzene rings is 3. The van der Waals surface area contributed by atoms with E-state index in [1.54, 1.807) is 41.2 Å². The Morgan fingerprint density at radius 2 is 1.59 bits per heavy atom. The van der Waals surface area contributed by atoms with Crippen LogP contribution in [0.3, 0.4) is 0 Å². The van der Waals surface area contributed by atoms with Crippen LogP contribution in [0.15, 0.2) is 84.9 Å². The van der Waals surface area contributed by atoms with Crippen LogP contribution in [0.4, 0.5) is 9.18 Å². The third-order valence-electron chi connectivity index (χ3n) is 6.24. The number of hydrogen-bond acceptors (Lipinski definition) is 4. The molecule has 3 aromatic carbocycles. The van der Waals surface area contributed by atoms with Gasteiger partial charge in [-0.05, 0) is 28.8 Å². The average Bonchev–Trinajstić information content (AvgIpc) is 2.98. The van der Waals surface area contributed by atoms with E-state index >= 15 is 0 Å². The van der Waals surface area contributed by atoms with Crippen molar-refractivity contribution in [2.75, 3.05) is 26.7 Å². The Hall–Kier alpha value is -4.24. The number of carbonyl (C=O) groups is 3. The van der Waals surface area contributed by atoms with Gasteiger partial charge in [0.2, 0.25) is 11.8 Å². The second-order valence-electron chi connectivity index (χ2n) is 8.85. The Labute approximate surface area is 215 Å². The highest BCUT2D eigenvalue weighted by Crippen LogP contribution is 2.19. The molecule has 4 rings (SSSR count). The minimum absolute atomic E-state index is 0.101. The third kappa shape index (κ3) is 6.92. The summed E-state index contributed by atoms with van der Waals surface area (Å²) < 4.78 is 13.4. The summed E-state index contributed by atoms with van der Waals surface area (Å²) in [5.74, 6) is -1.02. The minimum Gasteiger partial charge on any atom is -0.339 e. The first-order chi connectivity index (χ1) is 17.9. The van der Waals surface area contributed by atoms with Gasteiger partial charge in [-0.25, -0.2) is 14.2 Å². The molecule has 2 N–H and O–H groups in total. The molecule has 0 unspecified atom stereocenters. The zero-order valence-electron chi connectivity index (χ0n) is 20.6. The molecule has 0 spiro atoms. The van der Waals surface area contributed by atoms with Gasteiger partial charge in [-0.2, -0.15) is 0 Å². The van der Waals surface area contributed by atoms with Crippen LogP contribution in [0, 0.1) is 5.82 Å². The molecule has 0 aromatic heterocycles. The lowest BCUT2D eigenvalue weighted by molar-refractivity contribution is -0.136. The first-order valence-electron chi connectivity index (χ1n) is 12.1. The van der Waals surface area contributed by atoms with E-state index in [0.29, 0.717) is 12.1 Å². The average molecular weight is 504 g/mol. The van der Waals surface area contributed by atoms with E-state index in [2.05, 4.69) is 10.6 Å². The van der Waals surface area contributed by atoms with Crippen LogP contribution < -0.4 is 10.6 Å². The van der Waals surface area contributed by atoms with Gasteiger partial charge in [-0.1, -0.05) is 72.8 Å². The molecule has 4 amide bonds. The quantitative estimate of drug-likeness (QED) is 0.542. The van der Waals surface area contributed by atoms with E-state index in [1.165, 1.54) is 17.1 Å². The van der Waals surface area contributed by atoms with Gasteiger partial charge in [0.15, 0.2) is 0 Å². The molecule has 0 saturated carbocycles. The van der Waals surface area contributed by atoms with Gasteiger partial charge in [0, 0.05) is 33.2 Å². The number of carbonyl (C=O) groups excluding carboxylic acids is 3. The van der Waals surface area contributed by atoms with Crippen molar-refractivity contribution >= 4 is 17.8 Å². The number of nitrogens with one attached hydrogen (secondary N) is 2. The zero-order valence-corrected chi connectivity index (χ0v) is 20.6. The number of hydrazine groups is 1. The van der Waals surface area contributed by atoms with Crippen LogP contribution in [0.1, 0.15) is 22.7 Å². The van der Waals surface area contributed by atoms with Crippen molar-refractivity contribution in [3.63, 3.8) is 0 Å². The molecule has 1 saturated heterocycles. The van der Waals surface area contributed by atoms with Gasteiger partial charge < -0.3 is 15.5 Å². The number of nitrogens with zero attached hydrogens (tertiary/aromatic N) is 3. The number of hydrogen-bond donors (Lipinski definition) is 2. The first kappa shape index (κ1) is 25.8. The van der Waals surface area contributed by atoms with Gasteiger partial charge in [-0.3, -0.25) is 14.6 Å². The summed E-state index contributed by atoms with van der Waals surface area (Å²) >= 11 is 0. The molecule has 37 heavy (non-hydrogen) atoms. The molecular formula is C28H30FN5O3. The molecule has 1 heterocycles. The van der Waals surface area contributed by atoms with E-state index in [-0.39, 0.29) is 49.8 Å². The van der Waals surface area contributed by atoms with E-state index in [1.807, 2.05) is 48.5 Å². The highest BCUT2D eigenvalue weighted by molar-refractivity contribution is 5.89. The van der Waals surface area contributed by atoms with Crippen LogP contribution in [0.5, 0.6) is 0 Å². The molecular weight excluding hydrogens is 473 g/mol. The fourth-order valence-corrected chi connectivity index (χ4v) is 4.15. The maximum atomic E-state index is 13.7. The fourth-order valence-electron chi connectivity index (χ4n) is 4.15. The van der Waals surface area contributed by atoms with Crippen molar-refractivity contribution in [2.45, 2.75) is 19.1 Å². The molecule has 1 fully saturated rings. The molecule has 3 aromatic rings. The zero-order chi connectivity index (χ0) is 26.2. The van der Waals surface area contributed by atoms with Crippen molar-refractivity contribution in [1.29, 1.82) is 0 Å². The Kier molecular flexibility index (Phi) is 8.48. The number of urea groups is 1. The molecule has 0 bridgehead atoms. The third-order valence-corrected chi connectivity index (χ3v) is 6.24. The van der Waals surface area contributed by atoms with E-state index < -0.39 is 6.04 Å². The molecule has 1 atom stereocenters. The monoisotopic (exact) mass is 503 g/mol. The molecule has 0 aliphatic carbocycles. The molecule has 9 heteroatoms. The Balaban J connectivity index is 1.53. The van der Waals surface area contributed by atoms with E-state index in [9.17, 15) is 18.8 Å². The highest BCUT2D eigenvalue weighted by Gasteiger charge is 2.32. The summed E-state index contributed by atoms with van der Waals surface area (Å²) in [6.07, 6.45) is 0. The topological polar surface area (TPSA) is 85.0 Å². The van der Waals surface area contributed by atoms with Crippen LogP contribution in [0.25, 0.3) is 0 Å². The predicted molar refractivity (Wildman–Crippen MR) is 137 cm³/mol. The smallest absolute Gasteiger partial charge is 0.331 e. The fraction of sp³-hybridized carbons (Fsp3) is 0.250. The van der Waals surface area contributed by atoms with Crippen molar-refractivity contribution in [1.82, 2.24) is 25.6 Å². The maximum absolute atomic E-state index is 13.7. The van der Waals surface area contributed by atoms with Gasteiger partial charge in [0.25, 0.3) is 0 Å². The normalized spacial score (nSPS) is 16.8. The summed E-state index contributed by atoms with van der Waals surface area (Å²) in [5, 5.41) is 8.67. The standard InChI is InChI=1S/C28H30FN5O3/c1-32(28(37)30-18-21-8-4-2-5-9-21)34-17-16-33(19-22-12-14-24(29)15-13-22)27(36)26(31-25(35)20-34)23-10-6-3-7-11-23/h2-15,26H,16-20H2,1H3,(H,30,37)(H,31,35)/t26-/m0/s1. The van der Waals surface area contributed by atoms with E-state index in [4.69, 9.17) is 0 Å². The Morgan fingerprint density at radius 1 is 0.946 bits per heavy atom. The lowest BCUT2D eigenvalue weighted by atomic mass is 10.0. The summed E-state index contributed by atoms with van der Waals surface area (Å²) in [7, 11) is 1.59. The minimum atomic E-state index is -0.883. The SMILES string of the molecule is CN(C(=O)NCc1ccccc1)N1CCN(Cc2ccc(F)cc2)C(=O)[C@H](c2ccccc2)NC(=O)C1. The summed E-state index contributed by atoms with van der Waals surface area (Å²) in [6.45, 7) is 0.976. The second-order valence-corrected chi connectivity index (χ2v) is 8.85. The van der Waals surface area contributed by atoms with Crippen LogP contribution in [0.2, 0.25) is 0 Å². The molecule has 1 aliphatic heterocycles. The van der Waals surface area contributed by atoms with Crippen LogP contribution >= 0.6 is 0 Å². The lowest BCUT2D eigenvalue weighted by Gasteiger charge is -2.32. The highest BCUT2D eigenvalue weighted by atomic mass is 19.1. The van der Waals surface area contributed by atoms with Crippen molar-refractivity contribution in [3.8, 4) is 0 Å². The van der Waals surface area contributed by atoms with Crippen molar-refractivity contribution < 1.29 is 18.8 Å². The Morgan fingerprint density at radius 3 is 2.27 bits per heavy atom. The number of amides is 4. The summed E-state index contributed by atoms with van der Waals surface area (Å²) in [5.41, 5.74) is 2.37. The Bertz CT molecular complexity index is 1210. The van der Waals surface area contributed by atoms with E-state index in [0.717, 1.165) is 11.1 Å².